The molecule has 1 N–H and O–H groups in total. The molecule has 1 saturated heterocycles. The predicted molar refractivity (Wildman–Crippen MR) is 43.7 cm³/mol. The van der Waals surface area contributed by atoms with Gasteiger partial charge in [-0.2, -0.15) is 4.98 Å². The van der Waals surface area contributed by atoms with Crippen molar-refractivity contribution in [3.8, 4) is 0 Å². The van der Waals surface area contributed by atoms with Crippen molar-refractivity contribution in [3.63, 3.8) is 0 Å². The van der Waals surface area contributed by atoms with Gasteiger partial charge in [0.15, 0.2) is 6.33 Å². The highest BCUT2D eigenvalue weighted by atomic mass is 16.5. The molecule has 0 amide bonds. The molecule has 1 aromatic heterocycles. The molecule has 66 valence electrons. The number of nitrogens with one attached hydrogen (secondary N) is 1. The standard InChI is InChI=1S/C8H13N3O/c1-6-4-7(2-3-9-6)8-10-5-11-12-8/h5-7,9H,2-4H2,1H3. The molecule has 0 aromatic carbocycles. The van der Waals surface area contributed by atoms with E-state index in [-0.39, 0.29) is 0 Å². The molecular weight excluding hydrogens is 154 g/mol. The Balaban J connectivity index is 2.04. The van der Waals surface area contributed by atoms with Crippen LogP contribution >= 0.6 is 0 Å². The van der Waals surface area contributed by atoms with Crippen molar-refractivity contribution in [3.05, 3.63) is 12.2 Å². The Morgan fingerprint density at radius 2 is 2.58 bits per heavy atom. The fourth-order valence-electron chi connectivity index (χ4n) is 1.72. The molecule has 0 aliphatic carbocycles. The molecule has 1 aliphatic heterocycles. The first-order valence-electron chi connectivity index (χ1n) is 4.36. The number of piperidine rings is 1. The van der Waals surface area contributed by atoms with Crippen molar-refractivity contribution in [2.45, 2.75) is 31.7 Å². The van der Waals surface area contributed by atoms with Gasteiger partial charge >= 0.3 is 0 Å². The molecule has 1 aliphatic rings. The minimum atomic E-state index is 0.462. The van der Waals surface area contributed by atoms with Crippen molar-refractivity contribution in [1.29, 1.82) is 0 Å². The summed E-state index contributed by atoms with van der Waals surface area (Å²) in [5, 5.41) is 7.00. The Morgan fingerprint density at radius 1 is 1.67 bits per heavy atom. The summed E-state index contributed by atoms with van der Waals surface area (Å²) in [5.41, 5.74) is 0. The number of nitrogens with zero attached hydrogens (tertiary/aromatic N) is 2. The van der Waals surface area contributed by atoms with E-state index in [1.807, 2.05) is 0 Å². The van der Waals surface area contributed by atoms with Crippen LogP contribution in [-0.2, 0) is 0 Å². The predicted octanol–water partition coefficient (Wildman–Crippen LogP) is 0.925. The smallest absolute Gasteiger partial charge is 0.229 e. The van der Waals surface area contributed by atoms with E-state index in [1.165, 1.54) is 6.33 Å². The Morgan fingerprint density at radius 3 is 3.25 bits per heavy atom. The molecule has 0 bridgehead atoms. The monoisotopic (exact) mass is 167 g/mol. The van der Waals surface area contributed by atoms with Crippen molar-refractivity contribution in [1.82, 2.24) is 15.5 Å². The lowest BCUT2D eigenvalue weighted by atomic mass is 9.93. The average Bonchev–Trinajstić information content (AvgIpc) is 2.56. The third-order valence-corrected chi connectivity index (χ3v) is 2.35. The first-order valence-corrected chi connectivity index (χ1v) is 4.36. The molecular formula is C8H13N3O. The zero-order valence-corrected chi connectivity index (χ0v) is 7.16. The van der Waals surface area contributed by atoms with Gasteiger partial charge in [-0.15, -0.1) is 0 Å². The van der Waals surface area contributed by atoms with Gasteiger partial charge in [0.1, 0.15) is 0 Å². The van der Waals surface area contributed by atoms with Gasteiger partial charge in [-0.3, -0.25) is 0 Å². The van der Waals surface area contributed by atoms with E-state index in [2.05, 4.69) is 22.4 Å². The summed E-state index contributed by atoms with van der Waals surface area (Å²) in [4.78, 5) is 4.07. The number of aromatic nitrogens is 2. The van der Waals surface area contributed by atoms with Crippen molar-refractivity contribution in [2.24, 2.45) is 0 Å². The summed E-state index contributed by atoms with van der Waals surface area (Å²) < 4.78 is 5.03. The maximum atomic E-state index is 5.03. The molecule has 2 atom stereocenters. The number of rotatable bonds is 1. The SMILES string of the molecule is CC1CC(c2ncno2)CCN1. The van der Waals surface area contributed by atoms with E-state index in [0.29, 0.717) is 12.0 Å². The van der Waals surface area contributed by atoms with Crippen molar-refractivity contribution >= 4 is 0 Å². The van der Waals surface area contributed by atoms with Crippen LogP contribution in [0.15, 0.2) is 10.9 Å². The molecule has 4 nitrogen and oxygen atoms in total. The Labute approximate surface area is 71.4 Å². The Hall–Kier alpha value is -0.900. The van der Waals surface area contributed by atoms with E-state index < -0.39 is 0 Å². The van der Waals surface area contributed by atoms with E-state index in [0.717, 1.165) is 25.3 Å². The first kappa shape index (κ1) is 7.73. The van der Waals surface area contributed by atoms with E-state index >= 15 is 0 Å². The summed E-state index contributed by atoms with van der Waals surface area (Å²) in [6.45, 7) is 3.23. The molecule has 0 radical (unpaired) electrons. The summed E-state index contributed by atoms with van der Waals surface area (Å²) in [6.07, 6.45) is 3.68. The van der Waals surface area contributed by atoms with Crippen LogP contribution in [0.25, 0.3) is 0 Å². The number of hydrogen-bond donors (Lipinski definition) is 1. The molecule has 2 unspecified atom stereocenters. The van der Waals surface area contributed by atoms with Crippen LogP contribution < -0.4 is 5.32 Å². The van der Waals surface area contributed by atoms with Gasteiger partial charge in [-0.25, -0.2) is 0 Å². The molecule has 0 saturated carbocycles. The Bertz CT molecular complexity index is 234. The van der Waals surface area contributed by atoms with Crippen LogP contribution in [0, 0.1) is 0 Å². The molecule has 2 rings (SSSR count). The topological polar surface area (TPSA) is 51.0 Å². The van der Waals surface area contributed by atoms with Gasteiger partial charge < -0.3 is 9.84 Å². The maximum Gasteiger partial charge on any atom is 0.229 e. The van der Waals surface area contributed by atoms with Gasteiger partial charge in [0.05, 0.1) is 0 Å². The largest absolute Gasteiger partial charge is 0.339 e. The quantitative estimate of drug-likeness (QED) is 0.676. The van der Waals surface area contributed by atoms with Crippen molar-refractivity contribution in [2.75, 3.05) is 6.54 Å². The van der Waals surface area contributed by atoms with Crippen LogP contribution in [0.1, 0.15) is 31.6 Å². The zero-order chi connectivity index (χ0) is 8.39. The summed E-state index contributed by atoms with van der Waals surface area (Å²) >= 11 is 0. The van der Waals surface area contributed by atoms with E-state index in [9.17, 15) is 0 Å². The van der Waals surface area contributed by atoms with E-state index in [1.54, 1.807) is 0 Å². The second-order valence-electron chi connectivity index (χ2n) is 3.36. The first-order chi connectivity index (χ1) is 5.86. The minimum Gasteiger partial charge on any atom is -0.339 e. The summed E-state index contributed by atoms with van der Waals surface area (Å²) in [7, 11) is 0. The molecule has 0 spiro atoms. The lowest BCUT2D eigenvalue weighted by Gasteiger charge is -2.25. The number of hydrogen-bond acceptors (Lipinski definition) is 4. The molecule has 1 fully saturated rings. The van der Waals surface area contributed by atoms with Gasteiger partial charge in [-0.1, -0.05) is 5.16 Å². The van der Waals surface area contributed by atoms with Gasteiger partial charge in [-0.05, 0) is 26.3 Å². The summed E-state index contributed by atoms with van der Waals surface area (Å²) in [6, 6.07) is 0.565. The third kappa shape index (κ3) is 1.48. The maximum absolute atomic E-state index is 5.03. The second-order valence-corrected chi connectivity index (χ2v) is 3.36. The average molecular weight is 167 g/mol. The van der Waals surface area contributed by atoms with Crippen LogP contribution in [0.4, 0.5) is 0 Å². The normalized spacial score (nSPS) is 30.4. The Kier molecular flexibility index (Phi) is 2.08. The highest BCUT2D eigenvalue weighted by molar-refractivity contribution is 4.93. The van der Waals surface area contributed by atoms with Gasteiger partial charge in [0.2, 0.25) is 5.89 Å². The van der Waals surface area contributed by atoms with Gasteiger partial charge in [0.25, 0.3) is 0 Å². The van der Waals surface area contributed by atoms with Crippen LogP contribution in [0.2, 0.25) is 0 Å². The van der Waals surface area contributed by atoms with E-state index in [4.69, 9.17) is 4.52 Å². The molecule has 12 heavy (non-hydrogen) atoms. The second kappa shape index (κ2) is 3.23. The lowest BCUT2D eigenvalue weighted by molar-refractivity contribution is 0.295. The van der Waals surface area contributed by atoms with Crippen LogP contribution in [0.5, 0.6) is 0 Å². The molecule has 1 aromatic rings. The fraction of sp³-hybridized carbons (Fsp3) is 0.750. The summed E-state index contributed by atoms with van der Waals surface area (Å²) in [5.74, 6) is 1.26. The highest BCUT2D eigenvalue weighted by Gasteiger charge is 2.23. The minimum absolute atomic E-state index is 0.462. The zero-order valence-electron chi connectivity index (χ0n) is 7.16. The fourth-order valence-corrected chi connectivity index (χ4v) is 1.72. The van der Waals surface area contributed by atoms with Gasteiger partial charge in [0, 0.05) is 12.0 Å². The third-order valence-electron chi connectivity index (χ3n) is 2.35. The van der Waals surface area contributed by atoms with Crippen LogP contribution in [0.3, 0.4) is 0 Å². The van der Waals surface area contributed by atoms with Crippen molar-refractivity contribution < 1.29 is 4.52 Å². The lowest BCUT2D eigenvalue weighted by Crippen LogP contribution is -2.34. The van der Waals surface area contributed by atoms with Crippen LogP contribution in [-0.4, -0.2) is 22.7 Å². The highest BCUT2D eigenvalue weighted by Crippen LogP contribution is 2.25. The molecule has 4 heteroatoms. The molecule has 2 heterocycles.